The lowest BCUT2D eigenvalue weighted by molar-refractivity contribution is 0.0543. The van der Waals surface area contributed by atoms with Gasteiger partial charge in [-0.1, -0.05) is 26.0 Å². The van der Waals surface area contributed by atoms with Gasteiger partial charge in [0.05, 0.1) is 46.9 Å². The highest BCUT2D eigenvalue weighted by molar-refractivity contribution is 7.14. The van der Waals surface area contributed by atoms with Gasteiger partial charge >= 0.3 is 0 Å². The minimum absolute atomic E-state index is 0.0136. The molecule has 1 saturated heterocycles. The molecule has 3 aliphatic rings. The molecule has 2 aromatic rings. The van der Waals surface area contributed by atoms with Crippen LogP contribution in [0.5, 0.6) is 0 Å². The number of aryl methyl sites for hydroxylation is 1. The molecule has 1 unspecified atom stereocenters. The largest absolute Gasteiger partial charge is 0.320 e. The van der Waals surface area contributed by atoms with Crippen LogP contribution < -0.4 is 10.3 Å². The quantitative estimate of drug-likeness (QED) is 0.516. The average Bonchev–Trinajstić information content (AvgIpc) is 3.60. The first-order valence-corrected chi connectivity index (χ1v) is 15.0. The first-order chi connectivity index (χ1) is 18.9. The Hall–Kier alpha value is -2.95. The minimum Gasteiger partial charge on any atom is -0.320 e. The molecular weight excluding hydrogens is 520 g/mol. The molecule has 1 amide bonds. The van der Waals surface area contributed by atoms with Crippen LogP contribution in [0.15, 0.2) is 51.0 Å². The number of piperazine rings is 1. The molecular formula is C30H42N8OS. The molecule has 2 aromatic heterocycles. The first-order valence-electron chi connectivity index (χ1n) is 14.2. The standard InChI is InChI=1S/C30H42N8OS/c1-20-25(15-22(17-32-20)33-28(39)26-8-9-27(40-26)29(2,3)4)38-19-24(34-35-38)21-14-23(18-31-16-21)36-10-12-37(13-11-36)30(5,6)7/h8-9,15,17-18,23H,10-14,16,19H2,1-7H3,(H,33,39)/b24-21-. The SMILES string of the molecule is Cc1ncc(NC(=O)c2ccc(C(C)(C)C)s2)cc1N1C/C(=C2/CN=CC(N3CCN(C(C)(C)C)CC3)C2)N=N1. The van der Waals surface area contributed by atoms with Crippen LogP contribution in [0, 0.1) is 6.92 Å². The number of hydrogen-bond donors (Lipinski definition) is 1. The van der Waals surface area contributed by atoms with Gasteiger partial charge in [0.2, 0.25) is 0 Å². The molecule has 0 radical (unpaired) electrons. The second-order valence-electron chi connectivity index (χ2n) is 12.9. The number of aliphatic imine (C=N–C) groups is 1. The van der Waals surface area contributed by atoms with Crippen molar-refractivity contribution in [2.24, 2.45) is 15.3 Å². The van der Waals surface area contributed by atoms with Crippen molar-refractivity contribution in [1.82, 2.24) is 14.8 Å². The number of amides is 1. The van der Waals surface area contributed by atoms with E-state index in [4.69, 9.17) is 4.99 Å². The zero-order valence-electron chi connectivity index (χ0n) is 24.9. The van der Waals surface area contributed by atoms with E-state index in [2.05, 4.69) is 78.2 Å². The predicted molar refractivity (Wildman–Crippen MR) is 164 cm³/mol. The number of carbonyl (C=O) groups excluding carboxylic acids is 1. The van der Waals surface area contributed by atoms with Gasteiger partial charge in [-0.15, -0.1) is 16.5 Å². The van der Waals surface area contributed by atoms with E-state index in [1.54, 1.807) is 6.20 Å². The molecule has 0 saturated carbocycles. The summed E-state index contributed by atoms with van der Waals surface area (Å²) in [5.74, 6) is -0.127. The van der Waals surface area contributed by atoms with Gasteiger partial charge in [0.25, 0.3) is 5.91 Å². The number of rotatable bonds is 4. The van der Waals surface area contributed by atoms with Gasteiger partial charge < -0.3 is 5.32 Å². The number of aromatic nitrogens is 1. The summed E-state index contributed by atoms with van der Waals surface area (Å²) in [4.78, 5) is 29.2. The smallest absolute Gasteiger partial charge is 0.265 e. The molecule has 10 heteroatoms. The van der Waals surface area contributed by atoms with Gasteiger partial charge in [-0.3, -0.25) is 24.6 Å². The van der Waals surface area contributed by atoms with Crippen LogP contribution in [0.25, 0.3) is 0 Å². The van der Waals surface area contributed by atoms with E-state index in [-0.39, 0.29) is 16.9 Å². The summed E-state index contributed by atoms with van der Waals surface area (Å²) in [6.45, 7) is 20.8. The molecule has 3 aliphatic heterocycles. The molecule has 0 spiro atoms. The lowest BCUT2D eigenvalue weighted by atomic mass is 9.95. The molecule has 214 valence electrons. The van der Waals surface area contributed by atoms with Gasteiger partial charge in [-0.25, -0.2) is 5.01 Å². The molecule has 0 bridgehead atoms. The summed E-state index contributed by atoms with van der Waals surface area (Å²) < 4.78 is 0. The Labute approximate surface area is 242 Å². The monoisotopic (exact) mass is 562 g/mol. The molecule has 40 heavy (non-hydrogen) atoms. The molecule has 9 nitrogen and oxygen atoms in total. The molecule has 1 atom stereocenters. The van der Waals surface area contributed by atoms with E-state index in [9.17, 15) is 4.79 Å². The Morgan fingerprint density at radius 3 is 2.50 bits per heavy atom. The van der Waals surface area contributed by atoms with E-state index in [1.807, 2.05) is 30.1 Å². The van der Waals surface area contributed by atoms with Crippen molar-refractivity contribution in [3.05, 3.63) is 51.1 Å². The van der Waals surface area contributed by atoms with E-state index in [0.717, 1.165) is 49.7 Å². The maximum Gasteiger partial charge on any atom is 0.265 e. The van der Waals surface area contributed by atoms with Gasteiger partial charge in [-0.2, -0.15) is 0 Å². The molecule has 0 aromatic carbocycles. The average molecular weight is 563 g/mol. The summed E-state index contributed by atoms with van der Waals surface area (Å²) in [5.41, 5.74) is 4.78. The van der Waals surface area contributed by atoms with Crippen LogP contribution in [-0.4, -0.2) is 77.8 Å². The second kappa shape index (κ2) is 11.1. The fourth-order valence-corrected chi connectivity index (χ4v) is 6.31. The van der Waals surface area contributed by atoms with Crippen LogP contribution in [0.4, 0.5) is 11.4 Å². The normalized spacial score (nSPS) is 22.8. The summed E-state index contributed by atoms with van der Waals surface area (Å²) in [6, 6.07) is 6.16. The van der Waals surface area contributed by atoms with Crippen LogP contribution >= 0.6 is 11.3 Å². The molecule has 5 heterocycles. The van der Waals surface area contributed by atoms with Gasteiger partial charge in [0, 0.05) is 48.9 Å². The zero-order chi connectivity index (χ0) is 28.7. The Morgan fingerprint density at radius 1 is 1.07 bits per heavy atom. The Kier molecular flexibility index (Phi) is 7.96. The Bertz CT molecular complexity index is 1340. The topological polar surface area (TPSA) is 88.8 Å². The van der Waals surface area contributed by atoms with E-state index >= 15 is 0 Å². The van der Waals surface area contributed by atoms with Gasteiger partial charge in [-0.05, 0) is 63.3 Å². The number of anilines is 2. The number of thiophene rings is 1. The highest BCUT2D eigenvalue weighted by Crippen LogP contribution is 2.32. The number of nitrogens with one attached hydrogen (secondary N) is 1. The van der Waals surface area contributed by atoms with E-state index in [0.29, 0.717) is 29.7 Å². The lowest BCUT2D eigenvalue weighted by Gasteiger charge is -2.44. The summed E-state index contributed by atoms with van der Waals surface area (Å²) in [6.07, 6.45) is 4.76. The maximum absolute atomic E-state index is 12.9. The van der Waals surface area contributed by atoms with E-state index < -0.39 is 0 Å². The Balaban J connectivity index is 1.24. The van der Waals surface area contributed by atoms with Crippen molar-refractivity contribution in [1.29, 1.82) is 0 Å². The molecule has 5 rings (SSSR count). The fraction of sp³-hybridized carbons (Fsp3) is 0.567. The third-order valence-electron chi connectivity index (χ3n) is 7.89. The van der Waals surface area contributed by atoms with Crippen molar-refractivity contribution >= 4 is 34.8 Å². The van der Waals surface area contributed by atoms with Crippen molar-refractivity contribution in [3.63, 3.8) is 0 Å². The van der Waals surface area contributed by atoms with Gasteiger partial charge in [0.1, 0.15) is 0 Å². The molecule has 1 fully saturated rings. The number of nitrogens with zero attached hydrogens (tertiary/aromatic N) is 7. The van der Waals surface area contributed by atoms with Crippen LogP contribution in [0.1, 0.15) is 68.2 Å². The third kappa shape index (κ3) is 6.34. The van der Waals surface area contributed by atoms with Crippen LogP contribution in [0.2, 0.25) is 0 Å². The molecule has 1 N–H and O–H groups in total. The predicted octanol–water partition coefficient (Wildman–Crippen LogP) is 5.70. The van der Waals surface area contributed by atoms with Crippen molar-refractivity contribution in [2.45, 2.75) is 71.9 Å². The van der Waals surface area contributed by atoms with Gasteiger partial charge in [0.15, 0.2) is 0 Å². The summed E-state index contributed by atoms with van der Waals surface area (Å²) in [7, 11) is 0. The zero-order valence-corrected chi connectivity index (χ0v) is 25.7. The minimum atomic E-state index is -0.127. The van der Waals surface area contributed by atoms with Crippen molar-refractivity contribution in [2.75, 3.05) is 49.6 Å². The number of hydrogen-bond acceptors (Lipinski definition) is 9. The summed E-state index contributed by atoms with van der Waals surface area (Å²) >= 11 is 1.53. The highest BCUT2D eigenvalue weighted by atomic mass is 32.1. The van der Waals surface area contributed by atoms with Crippen molar-refractivity contribution < 1.29 is 4.79 Å². The lowest BCUT2D eigenvalue weighted by Crippen LogP contribution is -2.56. The number of pyridine rings is 1. The maximum atomic E-state index is 12.9. The molecule has 0 aliphatic carbocycles. The number of carbonyl (C=O) groups is 1. The first kappa shape index (κ1) is 28.6. The summed E-state index contributed by atoms with van der Waals surface area (Å²) in [5, 5.41) is 13.9. The highest BCUT2D eigenvalue weighted by Gasteiger charge is 2.31. The van der Waals surface area contributed by atoms with Crippen LogP contribution in [0.3, 0.4) is 0 Å². The Morgan fingerprint density at radius 2 is 1.82 bits per heavy atom. The fourth-order valence-electron chi connectivity index (χ4n) is 5.35. The third-order valence-corrected chi connectivity index (χ3v) is 9.40. The van der Waals surface area contributed by atoms with E-state index in [1.165, 1.54) is 21.8 Å². The van der Waals surface area contributed by atoms with Crippen molar-refractivity contribution in [3.8, 4) is 0 Å². The van der Waals surface area contributed by atoms with Crippen LogP contribution in [-0.2, 0) is 5.41 Å². The second-order valence-corrected chi connectivity index (χ2v) is 14.0.